The molecule has 1 aromatic heterocycles. The van der Waals surface area contributed by atoms with Crippen LogP contribution < -0.4 is 16.4 Å². The van der Waals surface area contributed by atoms with Gasteiger partial charge in [0.25, 0.3) is 0 Å². The van der Waals surface area contributed by atoms with Gasteiger partial charge in [0.1, 0.15) is 0 Å². The quantitative estimate of drug-likeness (QED) is 0.701. The van der Waals surface area contributed by atoms with Gasteiger partial charge >= 0.3 is 5.97 Å². The number of hydrogen-bond donors (Lipinski definition) is 2. The lowest BCUT2D eigenvalue weighted by atomic mass is 10.1. The van der Waals surface area contributed by atoms with Gasteiger partial charge < -0.3 is 21.1 Å². The SMILES string of the molecule is COC(=O)C1CC(=O)N(c2c(N)cncc2N)C1. The highest BCUT2D eigenvalue weighted by atomic mass is 16.5. The molecule has 96 valence electrons. The summed E-state index contributed by atoms with van der Waals surface area (Å²) in [6.45, 7) is 0.226. The highest BCUT2D eigenvalue weighted by molar-refractivity contribution is 6.04. The fourth-order valence-electron chi connectivity index (χ4n) is 2.05. The van der Waals surface area contributed by atoms with Crippen molar-refractivity contribution in [2.45, 2.75) is 6.42 Å². The van der Waals surface area contributed by atoms with Crippen LogP contribution in [0.25, 0.3) is 0 Å². The van der Waals surface area contributed by atoms with Crippen LogP contribution in [0.5, 0.6) is 0 Å². The van der Waals surface area contributed by atoms with E-state index in [2.05, 4.69) is 9.72 Å². The summed E-state index contributed by atoms with van der Waals surface area (Å²) in [5.41, 5.74) is 12.6. The van der Waals surface area contributed by atoms with Crippen molar-refractivity contribution in [3.63, 3.8) is 0 Å². The van der Waals surface area contributed by atoms with Crippen LogP contribution in [0.15, 0.2) is 12.4 Å². The number of nitrogens with zero attached hydrogens (tertiary/aromatic N) is 2. The summed E-state index contributed by atoms with van der Waals surface area (Å²) in [6.07, 6.45) is 2.95. The molecule has 1 saturated heterocycles. The minimum Gasteiger partial charge on any atom is -0.469 e. The molecule has 0 saturated carbocycles. The number of pyridine rings is 1. The molecule has 1 atom stereocenters. The molecule has 18 heavy (non-hydrogen) atoms. The van der Waals surface area contributed by atoms with Crippen molar-refractivity contribution in [2.24, 2.45) is 5.92 Å². The van der Waals surface area contributed by atoms with Crippen molar-refractivity contribution >= 4 is 28.9 Å². The number of rotatable bonds is 2. The van der Waals surface area contributed by atoms with Crippen LogP contribution in [0.3, 0.4) is 0 Å². The summed E-state index contributed by atoms with van der Waals surface area (Å²) in [5.74, 6) is -1.08. The molecule has 1 unspecified atom stereocenters. The third-order valence-corrected chi connectivity index (χ3v) is 2.90. The molecule has 0 aliphatic carbocycles. The van der Waals surface area contributed by atoms with E-state index in [0.29, 0.717) is 17.1 Å². The Kier molecular flexibility index (Phi) is 3.05. The summed E-state index contributed by atoms with van der Waals surface area (Å²) in [4.78, 5) is 28.6. The lowest BCUT2D eigenvalue weighted by Gasteiger charge is -2.19. The Balaban J connectivity index is 2.30. The average Bonchev–Trinajstić information content (AvgIpc) is 2.70. The summed E-state index contributed by atoms with van der Waals surface area (Å²) in [6, 6.07) is 0. The van der Waals surface area contributed by atoms with E-state index >= 15 is 0 Å². The normalized spacial score (nSPS) is 19.1. The van der Waals surface area contributed by atoms with Crippen LogP contribution in [-0.2, 0) is 14.3 Å². The van der Waals surface area contributed by atoms with E-state index in [-0.39, 0.29) is 18.9 Å². The Bertz CT molecular complexity index is 483. The first kappa shape index (κ1) is 12.2. The smallest absolute Gasteiger partial charge is 0.311 e. The molecule has 7 heteroatoms. The number of hydrogen-bond acceptors (Lipinski definition) is 6. The maximum Gasteiger partial charge on any atom is 0.311 e. The number of anilines is 3. The second-order valence-corrected chi connectivity index (χ2v) is 4.10. The lowest BCUT2D eigenvalue weighted by molar-refractivity contribution is -0.145. The molecule has 0 radical (unpaired) electrons. The molecular weight excluding hydrogens is 236 g/mol. The Labute approximate surface area is 104 Å². The van der Waals surface area contributed by atoms with Gasteiger partial charge in [-0.1, -0.05) is 0 Å². The maximum absolute atomic E-state index is 11.9. The minimum atomic E-state index is -0.477. The molecular formula is C11H14N4O3. The first-order valence-electron chi connectivity index (χ1n) is 5.41. The van der Waals surface area contributed by atoms with Gasteiger partial charge in [-0.25, -0.2) is 0 Å². The van der Waals surface area contributed by atoms with E-state index in [1.54, 1.807) is 0 Å². The Morgan fingerprint density at radius 2 is 2.06 bits per heavy atom. The average molecular weight is 250 g/mol. The number of ether oxygens (including phenoxy) is 1. The van der Waals surface area contributed by atoms with Crippen molar-refractivity contribution in [3.8, 4) is 0 Å². The minimum absolute atomic E-state index is 0.105. The zero-order valence-electron chi connectivity index (χ0n) is 9.92. The molecule has 0 aromatic carbocycles. The van der Waals surface area contributed by atoms with Gasteiger partial charge in [-0.3, -0.25) is 14.6 Å². The number of nitrogen functional groups attached to an aromatic ring is 2. The molecule has 1 fully saturated rings. The predicted molar refractivity (Wildman–Crippen MR) is 65.5 cm³/mol. The number of carbonyl (C=O) groups is 2. The fraction of sp³-hybridized carbons (Fsp3) is 0.364. The highest BCUT2D eigenvalue weighted by Gasteiger charge is 2.37. The maximum atomic E-state index is 11.9. The predicted octanol–water partition coefficient (Wildman–Crippen LogP) is -0.228. The van der Waals surface area contributed by atoms with Crippen molar-refractivity contribution < 1.29 is 14.3 Å². The zero-order chi connectivity index (χ0) is 13.3. The highest BCUT2D eigenvalue weighted by Crippen LogP contribution is 2.34. The van der Waals surface area contributed by atoms with Gasteiger partial charge in [-0.2, -0.15) is 0 Å². The van der Waals surface area contributed by atoms with E-state index < -0.39 is 11.9 Å². The van der Waals surface area contributed by atoms with Crippen molar-refractivity contribution in [1.82, 2.24) is 4.98 Å². The summed E-state index contributed by atoms with van der Waals surface area (Å²) >= 11 is 0. The van der Waals surface area contributed by atoms with Crippen molar-refractivity contribution in [3.05, 3.63) is 12.4 Å². The van der Waals surface area contributed by atoms with Gasteiger partial charge in [0.15, 0.2) is 0 Å². The number of aromatic nitrogens is 1. The van der Waals surface area contributed by atoms with Gasteiger partial charge in [0.2, 0.25) is 5.91 Å². The molecule has 0 bridgehead atoms. The van der Waals surface area contributed by atoms with E-state index in [1.807, 2.05) is 0 Å². The van der Waals surface area contributed by atoms with Gasteiger partial charge in [0.05, 0.1) is 42.5 Å². The van der Waals surface area contributed by atoms with Gasteiger partial charge in [-0.15, -0.1) is 0 Å². The number of methoxy groups -OCH3 is 1. The zero-order valence-corrected chi connectivity index (χ0v) is 9.92. The van der Waals surface area contributed by atoms with E-state index in [9.17, 15) is 9.59 Å². The van der Waals surface area contributed by atoms with E-state index in [1.165, 1.54) is 24.4 Å². The molecule has 1 aliphatic heterocycles. The van der Waals surface area contributed by atoms with Crippen LogP contribution >= 0.6 is 0 Å². The molecule has 1 aliphatic rings. The molecule has 2 rings (SSSR count). The number of amides is 1. The van der Waals surface area contributed by atoms with Crippen molar-refractivity contribution in [1.29, 1.82) is 0 Å². The summed E-state index contributed by atoms with van der Waals surface area (Å²) < 4.78 is 4.63. The Morgan fingerprint density at radius 1 is 1.44 bits per heavy atom. The standard InChI is InChI=1S/C11H14N4O3/c1-18-11(17)6-2-9(16)15(5-6)10-7(12)3-14-4-8(10)13/h3-4,6H,2,5,12-13H2,1H3. The number of nitrogens with two attached hydrogens (primary N) is 2. The van der Waals surface area contributed by atoms with E-state index in [0.717, 1.165) is 0 Å². The van der Waals surface area contributed by atoms with Crippen LogP contribution in [0.1, 0.15) is 6.42 Å². The Hall–Kier alpha value is -2.31. The van der Waals surface area contributed by atoms with E-state index in [4.69, 9.17) is 11.5 Å². The van der Waals surface area contributed by atoms with Crippen LogP contribution in [0.2, 0.25) is 0 Å². The molecule has 1 aromatic rings. The monoisotopic (exact) mass is 250 g/mol. The Morgan fingerprint density at radius 3 is 2.61 bits per heavy atom. The van der Waals surface area contributed by atoms with Crippen LogP contribution in [0.4, 0.5) is 17.1 Å². The number of esters is 1. The molecule has 1 amide bonds. The molecule has 2 heterocycles. The fourth-order valence-corrected chi connectivity index (χ4v) is 2.05. The largest absolute Gasteiger partial charge is 0.469 e. The summed E-state index contributed by atoms with van der Waals surface area (Å²) in [7, 11) is 1.30. The third-order valence-electron chi connectivity index (χ3n) is 2.90. The van der Waals surface area contributed by atoms with Gasteiger partial charge in [-0.05, 0) is 0 Å². The molecule has 7 nitrogen and oxygen atoms in total. The third kappa shape index (κ3) is 1.94. The van der Waals surface area contributed by atoms with Crippen molar-refractivity contribution in [2.75, 3.05) is 30.0 Å². The molecule has 4 N–H and O–H groups in total. The van der Waals surface area contributed by atoms with Crippen LogP contribution in [-0.4, -0.2) is 30.5 Å². The lowest BCUT2D eigenvalue weighted by Crippen LogP contribution is -2.28. The summed E-state index contributed by atoms with van der Waals surface area (Å²) in [5, 5.41) is 0. The van der Waals surface area contributed by atoms with Gasteiger partial charge in [0, 0.05) is 13.0 Å². The topological polar surface area (TPSA) is 112 Å². The second kappa shape index (κ2) is 4.52. The first-order chi connectivity index (χ1) is 8.54. The second-order valence-electron chi connectivity index (χ2n) is 4.10. The van der Waals surface area contributed by atoms with Crippen LogP contribution in [0, 0.1) is 5.92 Å². The first-order valence-corrected chi connectivity index (χ1v) is 5.41. The number of carbonyl (C=O) groups excluding carboxylic acids is 2. The molecule has 0 spiro atoms.